The number of nitrogens with one attached hydrogen (secondary N) is 1. The van der Waals surface area contributed by atoms with Crippen molar-refractivity contribution in [3.05, 3.63) is 74.4 Å². The maximum absolute atomic E-state index is 13.0. The second-order valence-electron chi connectivity index (χ2n) is 8.00. The van der Waals surface area contributed by atoms with Gasteiger partial charge in [0.2, 0.25) is 0 Å². The summed E-state index contributed by atoms with van der Waals surface area (Å²) in [6.07, 6.45) is 2.31. The quantitative estimate of drug-likeness (QED) is 0.235. The number of non-ortho nitro benzene ring substituents is 1. The summed E-state index contributed by atoms with van der Waals surface area (Å²) in [7, 11) is 3.12. The molecule has 1 N–H and O–H groups in total. The van der Waals surface area contributed by atoms with E-state index in [1.807, 2.05) is 18.5 Å². The number of nitrogens with zero attached hydrogens (tertiary/aromatic N) is 3. The molecule has 0 saturated carbocycles. The van der Waals surface area contributed by atoms with Crippen LogP contribution < -0.4 is 5.32 Å². The maximum atomic E-state index is 13.0. The van der Waals surface area contributed by atoms with Crippen LogP contribution in [-0.4, -0.2) is 40.1 Å². The summed E-state index contributed by atoms with van der Waals surface area (Å²) < 4.78 is 12.3. The van der Waals surface area contributed by atoms with Crippen LogP contribution in [0.5, 0.6) is 0 Å². The van der Waals surface area contributed by atoms with Crippen molar-refractivity contribution in [1.29, 1.82) is 0 Å². The number of nitro benzene ring substituents is 1. The van der Waals surface area contributed by atoms with Crippen molar-refractivity contribution in [2.75, 3.05) is 13.7 Å². The van der Waals surface area contributed by atoms with E-state index in [4.69, 9.17) is 9.47 Å². The number of allylic oxidation sites excluding steroid dienone is 2. The number of hydrogen-bond acceptors (Lipinski definition) is 9. The number of esters is 2. The Morgan fingerprint density at radius 3 is 2.37 bits per heavy atom. The minimum absolute atomic E-state index is 0.0334. The standard InChI is InChI=1S/C24H28N4O6S/c1-6-11-34-23(30)20-15(3)26-14(2)19(22(29)33-5)21(20)18-12-25-24(27(18)4)35-13-16-7-9-17(10-8-16)28(31)32/h7-10,12,21,26H,6,11,13H2,1-5H3. The number of dihydropyridines is 1. The molecule has 1 unspecified atom stereocenters. The van der Waals surface area contributed by atoms with E-state index in [1.165, 1.54) is 31.0 Å². The summed E-state index contributed by atoms with van der Waals surface area (Å²) in [5.41, 5.74) is 3.41. The summed E-state index contributed by atoms with van der Waals surface area (Å²) in [6, 6.07) is 6.34. The van der Waals surface area contributed by atoms with Gasteiger partial charge in [-0.2, -0.15) is 0 Å². The van der Waals surface area contributed by atoms with Crippen molar-refractivity contribution in [2.24, 2.45) is 7.05 Å². The van der Waals surface area contributed by atoms with Gasteiger partial charge in [0.15, 0.2) is 5.16 Å². The van der Waals surface area contributed by atoms with E-state index in [9.17, 15) is 19.7 Å². The average molecular weight is 501 g/mol. The smallest absolute Gasteiger partial charge is 0.336 e. The molecule has 1 atom stereocenters. The van der Waals surface area contributed by atoms with E-state index in [0.717, 1.165) is 5.56 Å². The van der Waals surface area contributed by atoms with Crippen molar-refractivity contribution in [3.8, 4) is 0 Å². The molecule has 10 nitrogen and oxygen atoms in total. The van der Waals surface area contributed by atoms with Gasteiger partial charge < -0.3 is 19.4 Å². The second-order valence-corrected chi connectivity index (χ2v) is 8.94. The third-order valence-corrected chi connectivity index (χ3v) is 6.73. The normalized spacial score (nSPS) is 15.6. The third-order valence-electron chi connectivity index (χ3n) is 5.62. The lowest BCUT2D eigenvalue weighted by Gasteiger charge is -2.30. The van der Waals surface area contributed by atoms with Gasteiger partial charge in [-0.15, -0.1) is 0 Å². The minimum Gasteiger partial charge on any atom is -0.466 e. The van der Waals surface area contributed by atoms with Gasteiger partial charge in [-0.3, -0.25) is 10.1 Å². The van der Waals surface area contributed by atoms with Gasteiger partial charge in [0, 0.05) is 36.3 Å². The number of carbonyl (C=O) groups excluding carboxylic acids is 2. The van der Waals surface area contributed by atoms with Crippen LogP contribution in [0.2, 0.25) is 0 Å². The van der Waals surface area contributed by atoms with Crippen molar-refractivity contribution < 1.29 is 24.0 Å². The second kappa shape index (κ2) is 11.2. The molecule has 3 rings (SSSR count). The summed E-state index contributed by atoms with van der Waals surface area (Å²) in [5, 5.41) is 14.6. The molecule has 0 saturated heterocycles. The van der Waals surface area contributed by atoms with Gasteiger partial charge in [0.1, 0.15) is 0 Å². The number of benzene rings is 1. The summed E-state index contributed by atoms with van der Waals surface area (Å²) in [5.74, 6) is -1.24. The molecule has 2 aromatic rings. The fourth-order valence-corrected chi connectivity index (χ4v) is 4.80. The fraction of sp³-hybridized carbons (Fsp3) is 0.375. The number of hydrogen-bond donors (Lipinski definition) is 1. The zero-order valence-electron chi connectivity index (χ0n) is 20.3. The first-order valence-electron chi connectivity index (χ1n) is 11.0. The first-order chi connectivity index (χ1) is 16.7. The lowest BCUT2D eigenvalue weighted by atomic mass is 9.83. The number of rotatable bonds is 9. The van der Waals surface area contributed by atoms with Crippen LogP contribution in [0.25, 0.3) is 0 Å². The Hall–Kier alpha value is -3.60. The predicted molar refractivity (Wildman–Crippen MR) is 130 cm³/mol. The minimum atomic E-state index is -0.723. The van der Waals surface area contributed by atoms with Crippen LogP contribution in [0.1, 0.15) is 44.4 Å². The molecule has 11 heteroatoms. The molecule has 0 fully saturated rings. The highest BCUT2D eigenvalue weighted by atomic mass is 32.2. The van der Waals surface area contributed by atoms with Gasteiger partial charge in [0.05, 0.1) is 47.6 Å². The van der Waals surface area contributed by atoms with E-state index in [1.54, 1.807) is 32.2 Å². The number of thioether (sulfide) groups is 1. The molecule has 1 aromatic carbocycles. The number of nitro groups is 1. The highest BCUT2D eigenvalue weighted by molar-refractivity contribution is 7.98. The van der Waals surface area contributed by atoms with Gasteiger partial charge in [-0.1, -0.05) is 30.8 Å². The molecule has 1 aliphatic heterocycles. The lowest BCUT2D eigenvalue weighted by molar-refractivity contribution is -0.384. The Morgan fingerprint density at radius 1 is 1.17 bits per heavy atom. The first kappa shape index (κ1) is 26.0. The third kappa shape index (κ3) is 5.56. The molecule has 0 radical (unpaired) electrons. The van der Waals surface area contributed by atoms with Crippen LogP contribution in [0, 0.1) is 10.1 Å². The van der Waals surface area contributed by atoms with Gasteiger partial charge in [-0.25, -0.2) is 14.6 Å². The van der Waals surface area contributed by atoms with Crippen molar-refractivity contribution in [1.82, 2.24) is 14.9 Å². The molecule has 0 spiro atoms. The van der Waals surface area contributed by atoms with E-state index in [2.05, 4.69) is 10.3 Å². The number of imidazole rings is 1. The Balaban J connectivity index is 1.95. The Bertz CT molecular complexity index is 1200. The van der Waals surface area contributed by atoms with Crippen LogP contribution in [0.4, 0.5) is 5.69 Å². The highest BCUT2D eigenvalue weighted by Gasteiger charge is 2.39. The predicted octanol–water partition coefficient (Wildman–Crippen LogP) is 3.98. The molecule has 0 aliphatic carbocycles. The van der Waals surface area contributed by atoms with Crippen LogP contribution in [0.15, 0.2) is 58.2 Å². The highest BCUT2D eigenvalue weighted by Crippen LogP contribution is 2.40. The monoisotopic (exact) mass is 500 g/mol. The zero-order valence-corrected chi connectivity index (χ0v) is 21.1. The average Bonchev–Trinajstić information content (AvgIpc) is 3.20. The molecule has 0 bridgehead atoms. The van der Waals surface area contributed by atoms with Crippen LogP contribution in [-0.2, 0) is 31.9 Å². The largest absolute Gasteiger partial charge is 0.466 e. The first-order valence-corrected chi connectivity index (χ1v) is 12.0. The van der Waals surface area contributed by atoms with Gasteiger partial charge in [-0.05, 0) is 25.8 Å². The fourth-order valence-electron chi connectivity index (χ4n) is 3.88. The molecule has 35 heavy (non-hydrogen) atoms. The summed E-state index contributed by atoms with van der Waals surface area (Å²) in [6.45, 7) is 5.70. The van der Waals surface area contributed by atoms with E-state index in [-0.39, 0.29) is 12.3 Å². The van der Waals surface area contributed by atoms with Crippen molar-refractivity contribution >= 4 is 29.4 Å². The molecule has 1 aromatic heterocycles. The lowest BCUT2D eigenvalue weighted by Crippen LogP contribution is -2.33. The Morgan fingerprint density at radius 2 is 1.80 bits per heavy atom. The molecule has 1 aliphatic rings. The SMILES string of the molecule is CCCOC(=O)C1=C(C)NC(C)=C(C(=O)OC)C1c1cnc(SCc2ccc([N+](=O)[O-])cc2)n1C. The summed E-state index contributed by atoms with van der Waals surface area (Å²) in [4.78, 5) is 40.8. The molecule has 186 valence electrons. The van der Waals surface area contributed by atoms with Crippen molar-refractivity contribution in [3.63, 3.8) is 0 Å². The number of ether oxygens (including phenoxy) is 2. The van der Waals surface area contributed by atoms with Crippen LogP contribution in [0.3, 0.4) is 0 Å². The van der Waals surface area contributed by atoms with Crippen molar-refractivity contribution in [2.45, 2.75) is 44.0 Å². The zero-order chi connectivity index (χ0) is 25.7. The van der Waals surface area contributed by atoms with Crippen LogP contribution >= 0.6 is 11.8 Å². The van der Waals surface area contributed by atoms with Gasteiger partial charge >= 0.3 is 11.9 Å². The molecular formula is C24H28N4O6S. The number of carbonyl (C=O) groups is 2. The van der Waals surface area contributed by atoms with E-state index < -0.39 is 22.8 Å². The maximum Gasteiger partial charge on any atom is 0.336 e. The molecular weight excluding hydrogens is 472 g/mol. The van der Waals surface area contributed by atoms with Gasteiger partial charge in [0.25, 0.3) is 5.69 Å². The van der Waals surface area contributed by atoms with E-state index in [0.29, 0.717) is 45.6 Å². The summed E-state index contributed by atoms with van der Waals surface area (Å²) >= 11 is 1.44. The molecule has 2 heterocycles. The number of aromatic nitrogens is 2. The Labute approximate surface area is 207 Å². The molecule has 0 amide bonds. The number of methoxy groups -OCH3 is 1. The van der Waals surface area contributed by atoms with E-state index >= 15 is 0 Å². The Kier molecular flexibility index (Phi) is 8.34. The topological polar surface area (TPSA) is 126 Å².